The molecule has 1 fully saturated rings. The quantitative estimate of drug-likeness (QED) is 0.249. The number of nitrogens with one attached hydrogen (secondary N) is 3. The normalized spacial score (nSPS) is 15.2. The van der Waals surface area contributed by atoms with E-state index in [1.165, 1.54) is 19.3 Å². The van der Waals surface area contributed by atoms with Crippen molar-refractivity contribution in [3.63, 3.8) is 0 Å². The van der Waals surface area contributed by atoms with Gasteiger partial charge in [-0.15, -0.1) is 0 Å². The number of nitrogens with two attached hydrogens (primary N) is 1. The fourth-order valence-electron chi connectivity index (χ4n) is 5.10. The van der Waals surface area contributed by atoms with E-state index in [0.717, 1.165) is 28.9 Å². The topological polar surface area (TPSA) is 120 Å². The van der Waals surface area contributed by atoms with E-state index in [2.05, 4.69) is 40.2 Å². The molecule has 0 unspecified atom stereocenters. The number of carbonyl (C=O) groups is 3. The van der Waals surface area contributed by atoms with Crippen LogP contribution in [0.4, 0.5) is 5.69 Å². The van der Waals surface area contributed by atoms with Gasteiger partial charge >= 0.3 is 0 Å². The number of amides is 3. The first-order valence-electron chi connectivity index (χ1n) is 14.9. The van der Waals surface area contributed by atoms with Crippen LogP contribution < -0.4 is 26.6 Å². The Morgan fingerprint density at radius 3 is 2.15 bits per heavy atom. The molecule has 4 rings (SSSR count). The van der Waals surface area contributed by atoms with Crippen molar-refractivity contribution < 1.29 is 14.4 Å². The summed E-state index contributed by atoms with van der Waals surface area (Å²) in [5, 5.41) is 9.23. The summed E-state index contributed by atoms with van der Waals surface area (Å²) in [6.45, 7) is 4.05. The second kappa shape index (κ2) is 16.0. The second-order valence-corrected chi connectivity index (χ2v) is 10.7. The van der Waals surface area contributed by atoms with Crippen molar-refractivity contribution in [1.82, 2.24) is 20.9 Å². The summed E-state index contributed by atoms with van der Waals surface area (Å²) in [4.78, 5) is 42.4. The maximum absolute atomic E-state index is 13.7. The van der Waals surface area contributed by atoms with Crippen LogP contribution in [-0.2, 0) is 20.9 Å². The lowest BCUT2D eigenvalue weighted by molar-refractivity contribution is -0.121. The number of rotatable bonds is 15. The minimum Gasteiger partial charge on any atom is -0.355 e. The van der Waals surface area contributed by atoms with Crippen LogP contribution in [0.25, 0.3) is 12.2 Å². The van der Waals surface area contributed by atoms with Gasteiger partial charge in [0.25, 0.3) is 0 Å². The molecule has 2 aromatic carbocycles. The third kappa shape index (κ3) is 9.52. The van der Waals surface area contributed by atoms with E-state index >= 15 is 0 Å². The summed E-state index contributed by atoms with van der Waals surface area (Å²) in [5.41, 5.74) is 9.56. The number of fused-ring (bicyclic) bond motifs is 2. The molecule has 1 aliphatic heterocycles. The van der Waals surface area contributed by atoms with Gasteiger partial charge in [-0.2, -0.15) is 0 Å². The Kier molecular flexibility index (Phi) is 11.9. The molecule has 0 saturated heterocycles. The van der Waals surface area contributed by atoms with Crippen molar-refractivity contribution in [2.45, 2.75) is 51.1 Å². The van der Waals surface area contributed by atoms with Gasteiger partial charge in [0.05, 0.1) is 12.2 Å². The number of hydrogen-bond acceptors (Lipinski definition) is 6. The van der Waals surface area contributed by atoms with Crippen molar-refractivity contribution in [2.75, 3.05) is 50.7 Å². The van der Waals surface area contributed by atoms with Crippen LogP contribution in [0.3, 0.4) is 0 Å². The van der Waals surface area contributed by atoms with E-state index in [0.29, 0.717) is 58.3 Å². The summed E-state index contributed by atoms with van der Waals surface area (Å²) in [7, 11) is 0. The first kappa shape index (κ1) is 30.4. The fourth-order valence-corrected chi connectivity index (χ4v) is 5.10. The molecule has 9 nitrogen and oxygen atoms in total. The number of nitrogens with zero attached hydrogens (tertiary/aromatic N) is 2. The Balaban J connectivity index is 1.35. The van der Waals surface area contributed by atoms with Crippen molar-refractivity contribution >= 4 is 35.6 Å². The Hall–Kier alpha value is -3.53. The number of hydrogen-bond donors (Lipinski definition) is 4. The first-order valence-corrected chi connectivity index (χ1v) is 14.9. The number of anilines is 1. The lowest BCUT2D eigenvalue weighted by Crippen LogP contribution is -2.41. The molecule has 5 N–H and O–H groups in total. The third-order valence-corrected chi connectivity index (χ3v) is 7.76. The molecule has 2 aliphatic rings. The average molecular weight is 561 g/mol. The Bertz CT molecular complexity index is 1200. The zero-order valence-corrected chi connectivity index (χ0v) is 23.9. The predicted molar refractivity (Wildman–Crippen MR) is 164 cm³/mol. The van der Waals surface area contributed by atoms with Gasteiger partial charge in [-0.1, -0.05) is 61.0 Å². The molecule has 0 spiro atoms. The Morgan fingerprint density at radius 2 is 1.44 bits per heavy atom. The van der Waals surface area contributed by atoms with Crippen LogP contribution in [0.1, 0.15) is 55.2 Å². The van der Waals surface area contributed by atoms with Crippen molar-refractivity contribution in [3.05, 3.63) is 65.2 Å². The van der Waals surface area contributed by atoms with Gasteiger partial charge in [-0.05, 0) is 35.6 Å². The van der Waals surface area contributed by atoms with Crippen molar-refractivity contribution in [2.24, 2.45) is 5.73 Å². The molecule has 0 bridgehead atoms. The lowest BCUT2D eigenvalue weighted by atomic mass is 9.93. The molecule has 9 heteroatoms. The standard InChI is InChI=1S/C32H44N6O3/c33-17-18-35-30(39)14-21-37(22-15-31(40)36-20-19-34-28-9-5-10-28)23-16-32(41)38-24-27-8-2-1-6-25(27)12-13-26-7-3-4-11-29(26)38/h1-4,6-8,11-13,28,34H,5,9-10,14-24,33H2,(H,35,39)(H,36,40)/b13-12-. The smallest absolute Gasteiger partial charge is 0.228 e. The molecular weight excluding hydrogens is 516 g/mol. The monoisotopic (exact) mass is 560 g/mol. The van der Waals surface area contributed by atoms with Crippen molar-refractivity contribution in [3.8, 4) is 0 Å². The van der Waals surface area contributed by atoms with E-state index in [1.54, 1.807) is 0 Å². The maximum Gasteiger partial charge on any atom is 0.228 e. The van der Waals surface area contributed by atoms with Crippen LogP contribution in [0, 0.1) is 0 Å². The molecule has 1 aliphatic carbocycles. The molecular formula is C32H44N6O3. The minimum atomic E-state index is -0.0839. The van der Waals surface area contributed by atoms with Crippen LogP contribution in [0.5, 0.6) is 0 Å². The van der Waals surface area contributed by atoms with E-state index in [1.807, 2.05) is 46.2 Å². The molecule has 3 amide bonds. The highest BCUT2D eigenvalue weighted by Gasteiger charge is 2.22. The SMILES string of the molecule is NCCNC(=O)CCN(CCC(=O)NCCNC1CCC1)CCC(=O)N1Cc2ccccc2/C=C\c2ccccc21. The van der Waals surface area contributed by atoms with Gasteiger partial charge < -0.3 is 31.5 Å². The lowest BCUT2D eigenvalue weighted by Gasteiger charge is -2.28. The Labute approximate surface area is 243 Å². The van der Waals surface area contributed by atoms with Gasteiger partial charge in [0, 0.05) is 71.1 Å². The third-order valence-electron chi connectivity index (χ3n) is 7.76. The summed E-state index contributed by atoms with van der Waals surface area (Å²) in [5.74, 6) is -0.101. The number of para-hydroxylation sites is 1. The number of carbonyl (C=O) groups excluding carboxylic acids is 3. The van der Waals surface area contributed by atoms with E-state index in [9.17, 15) is 14.4 Å². The highest BCUT2D eigenvalue weighted by molar-refractivity contribution is 5.97. The van der Waals surface area contributed by atoms with E-state index < -0.39 is 0 Å². The van der Waals surface area contributed by atoms with Gasteiger partial charge in [0.1, 0.15) is 0 Å². The minimum absolute atomic E-state index is 0.00616. The van der Waals surface area contributed by atoms with Crippen LogP contribution in [0.2, 0.25) is 0 Å². The molecule has 1 heterocycles. The molecule has 0 radical (unpaired) electrons. The van der Waals surface area contributed by atoms with E-state index in [-0.39, 0.29) is 30.6 Å². The summed E-state index contributed by atoms with van der Waals surface area (Å²) < 4.78 is 0. The fraction of sp³-hybridized carbons (Fsp3) is 0.469. The zero-order chi connectivity index (χ0) is 28.9. The molecule has 1 saturated carbocycles. The summed E-state index contributed by atoms with van der Waals surface area (Å²) in [6.07, 6.45) is 8.74. The average Bonchev–Trinajstić information content (AvgIpc) is 2.95. The molecule has 0 aromatic heterocycles. The van der Waals surface area contributed by atoms with Gasteiger partial charge in [0.2, 0.25) is 17.7 Å². The van der Waals surface area contributed by atoms with E-state index in [4.69, 9.17) is 5.73 Å². The molecule has 0 atom stereocenters. The highest BCUT2D eigenvalue weighted by atomic mass is 16.2. The van der Waals surface area contributed by atoms with Gasteiger partial charge in [-0.25, -0.2) is 0 Å². The van der Waals surface area contributed by atoms with Gasteiger partial charge in [-0.3, -0.25) is 14.4 Å². The second-order valence-electron chi connectivity index (χ2n) is 10.7. The predicted octanol–water partition coefficient (Wildman–Crippen LogP) is 2.51. The van der Waals surface area contributed by atoms with Crippen LogP contribution >= 0.6 is 0 Å². The molecule has 41 heavy (non-hydrogen) atoms. The molecule has 220 valence electrons. The largest absolute Gasteiger partial charge is 0.355 e. The van der Waals surface area contributed by atoms with Crippen LogP contribution in [0.15, 0.2) is 48.5 Å². The van der Waals surface area contributed by atoms with Crippen LogP contribution in [-0.4, -0.2) is 74.5 Å². The summed E-state index contributed by atoms with van der Waals surface area (Å²) in [6, 6.07) is 16.6. The van der Waals surface area contributed by atoms with Crippen molar-refractivity contribution in [1.29, 1.82) is 0 Å². The Morgan fingerprint density at radius 1 is 0.805 bits per heavy atom. The number of benzene rings is 2. The first-order chi connectivity index (χ1) is 20.0. The summed E-state index contributed by atoms with van der Waals surface area (Å²) >= 11 is 0. The highest BCUT2D eigenvalue weighted by Crippen LogP contribution is 2.29. The maximum atomic E-state index is 13.7. The molecule has 2 aromatic rings. The zero-order valence-electron chi connectivity index (χ0n) is 23.9. The van der Waals surface area contributed by atoms with Gasteiger partial charge in [0.15, 0.2) is 0 Å².